The van der Waals surface area contributed by atoms with Crippen LogP contribution in [0.2, 0.25) is 0 Å². The second-order valence-corrected chi connectivity index (χ2v) is 6.41. The molecule has 0 saturated carbocycles. The normalized spacial score (nSPS) is 12.0. The van der Waals surface area contributed by atoms with Gasteiger partial charge in [0.15, 0.2) is 0 Å². The second kappa shape index (κ2) is 8.28. The topological polar surface area (TPSA) is 99.3 Å². The summed E-state index contributed by atoms with van der Waals surface area (Å²) in [4.78, 5) is 38.3. The molecule has 1 aromatic carbocycles. The van der Waals surface area contributed by atoms with E-state index in [9.17, 15) is 19.5 Å². The van der Waals surface area contributed by atoms with Crippen LogP contribution in [-0.4, -0.2) is 28.0 Å². The Morgan fingerprint density at radius 2 is 1.80 bits per heavy atom. The highest BCUT2D eigenvalue weighted by atomic mass is 16.4. The number of aliphatic carboxylic acids is 1. The third-order valence-corrected chi connectivity index (χ3v) is 3.68. The summed E-state index contributed by atoms with van der Waals surface area (Å²) in [5, 5.41) is 11.9. The first-order valence-electron chi connectivity index (χ1n) is 8.16. The maximum atomic E-state index is 12.4. The largest absolute Gasteiger partial charge is 0.480 e. The Labute approximate surface area is 145 Å². The van der Waals surface area contributed by atoms with E-state index in [1.807, 2.05) is 32.0 Å². The van der Waals surface area contributed by atoms with Crippen molar-refractivity contribution < 1.29 is 14.7 Å². The van der Waals surface area contributed by atoms with Crippen molar-refractivity contribution in [1.82, 2.24) is 10.3 Å². The molecule has 3 N–H and O–H groups in total. The lowest BCUT2D eigenvalue weighted by molar-refractivity contribution is -0.139. The van der Waals surface area contributed by atoms with Crippen molar-refractivity contribution in [2.45, 2.75) is 32.7 Å². The minimum Gasteiger partial charge on any atom is -0.480 e. The summed E-state index contributed by atoms with van der Waals surface area (Å²) in [6.07, 6.45) is 0.798. The number of aromatic amines is 1. The number of carbonyl (C=O) groups excluding carboxylic acids is 1. The van der Waals surface area contributed by atoms with E-state index in [1.165, 1.54) is 6.07 Å². The van der Waals surface area contributed by atoms with E-state index in [0.29, 0.717) is 18.0 Å². The van der Waals surface area contributed by atoms with E-state index in [1.54, 1.807) is 18.2 Å². The zero-order valence-electron chi connectivity index (χ0n) is 14.3. The predicted octanol–water partition coefficient (Wildman–Crippen LogP) is 2.00. The zero-order chi connectivity index (χ0) is 18.4. The summed E-state index contributed by atoms with van der Waals surface area (Å²) < 4.78 is 0. The fourth-order valence-corrected chi connectivity index (χ4v) is 2.57. The number of carbonyl (C=O) groups is 2. The maximum Gasteiger partial charge on any atom is 0.326 e. The highest BCUT2D eigenvalue weighted by Gasteiger charge is 2.21. The van der Waals surface area contributed by atoms with Gasteiger partial charge in [0.05, 0.1) is 0 Å². The molecule has 132 valence electrons. The molecule has 0 bridgehead atoms. The van der Waals surface area contributed by atoms with Gasteiger partial charge in [0.2, 0.25) is 5.56 Å². The van der Waals surface area contributed by atoms with Gasteiger partial charge in [-0.2, -0.15) is 0 Å². The van der Waals surface area contributed by atoms with Crippen molar-refractivity contribution in [3.05, 3.63) is 69.6 Å². The minimum atomic E-state index is -1.12. The lowest BCUT2D eigenvalue weighted by Gasteiger charge is -2.15. The molecule has 0 fully saturated rings. The summed E-state index contributed by atoms with van der Waals surface area (Å²) in [6, 6.07) is 10.8. The molecule has 1 aromatic heterocycles. The molecule has 0 unspecified atom stereocenters. The molecule has 0 radical (unpaired) electrons. The maximum absolute atomic E-state index is 12.4. The van der Waals surface area contributed by atoms with Gasteiger partial charge in [-0.15, -0.1) is 0 Å². The van der Waals surface area contributed by atoms with Gasteiger partial charge in [-0.1, -0.05) is 44.2 Å². The minimum absolute atomic E-state index is 0.165. The second-order valence-electron chi connectivity index (χ2n) is 6.41. The van der Waals surface area contributed by atoms with E-state index < -0.39 is 17.9 Å². The average Bonchev–Trinajstić information content (AvgIpc) is 2.53. The van der Waals surface area contributed by atoms with Gasteiger partial charge in [-0.05, 0) is 24.0 Å². The number of hydrogen-bond donors (Lipinski definition) is 3. The molecule has 25 heavy (non-hydrogen) atoms. The van der Waals surface area contributed by atoms with Gasteiger partial charge in [0.1, 0.15) is 6.04 Å². The number of carboxylic acids is 1. The molecule has 6 heteroatoms. The monoisotopic (exact) mass is 342 g/mol. The van der Waals surface area contributed by atoms with Crippen molar-refractivity contribution in [1.29, 1.82) is 0 Å². The molecular formula is C19H22N2O4. The number of benzene rings is 1. The van der Waals surface area contributed by atoms with Crippen LogP contribution in [0.4, 0.5) is 0 Å². The molecule has 0 aliphatic carbocycles. The first-order chi connectivity index (χ1) is 11.8. The number of amides is 1. The highest BCUT2D eigenvalue weighted by molar-refractivity contribution is 5.96. The van der Waals surface area contributed by atoms with Crippen molar-refractivity contribution in [2.24, 2.45) is 5.92 Å². The van der Waals surface area contributed by atoms with E-state index >= 15 is 0 Å². The van der Waals surface area contributed by atoms with Gasteiger partial charge in [0, 0.05) is 23.7 Å². The van der Waals surface area contributed by atoms with E-state index in [-0.39, 0.29) is 17.5 Å². The zero-order valence-corrected chi connectivity index (χ0v) is 14.3. The van der Waals surface area contributed by atoms with Crippen LogP contribution in [-0.2, 0) is 17.6 Å². The third-order valence-electron chi connectivity index (χ3n) is 3.68. The number of carboxylic acid groups (broad SMARTS) is 1. The fraction of sp³-hybridized carbons (Fsp3) is 0.316. The smallest absolute Gasteiger partial charge is 0.326 e. The Kier molecular flexibility index (Phi) is 6.11. The van der Waals surface area contributed by atoms with Crippen LogP contribution < -0.4 is 10.9 Å². The van der Waals surface area contributed by atoms with E-state index in [2.05, 4.69) is 10.3 Å². The van der Waals surface area contributed by atoms with Crippen molar-refractivity contribution >= 4 is 11.9 Å². The van der Waals surface area contributed by atoms with Crippen molar-refractivity contribution in [3.8, 4) is 0 Å². The summed E-state index contributed by atoms with van der Waals surface area (Å²) in [5.41, 5.74) is 1.25. The van der Waals surface area contributed by atoms with Gasteiger partial charge >= 0.3 is 5.97 Å². The fourth-order valence-electron chi connectivity index (χ4n) is 2.57. The number of rotatable bonds is 7. The molecular weight excluding hydrogens is 320 g/mol. The molecule has 0 aliphatic rings. The lowest BCUT2D eigenvalue weighted by atomic mass is 10.0. The Morgan fingerprint density at radius 3 is 2.40 bits per heavy atom. The van der Waals surface area contributed by atoms with Crippen LogP contribution in [0.15, 0.2) is 47.3 Å². The van der Waals surface area contributed by atoms with Gasteiger partial charge in [-0.25, -0.2) is 4.79 Å². The molecule has 0 saturated heterocycles. The van der Waals surface area contributed by atoms with Crippen molar-refractivity contribution in [3.63, 3.8) is 0 Å². The Bertz CT molecular complexity index is 797. The molecule has 1 amide bonds. The molecule has 6 nitrogen and oxygen atoms in total. The number of pyridine rings is 1. The molecule has 0 spiro atoms. The van der Waals surface area contributed by atoms with Gasteiger partial charge in [-0.3, -0.25) is 9.59 Å². The third kappa shape index (κ3) is 5.60. The Balaban J connectivity index is 2.17. The van der Waals surface area contributed by atoms with Crippen LogP contribution in [0, 0.1) is 5.92 Å². The summed E-state index contributed by atoms with van der Waals surface area (Å²) >= 11 is 0. The van der Waals surface area contributed by atoms with Crippen LogP contribution in [0.1, 0.15) is 35.5 Å². The SMILES string of the molecule is CC(C)Cc1cc(C(=O)N[C@H](Cc2ccccc2)C(=O)O)cc(=O)[nH]1. The lowest BCUT2D eigenvalue weighted by Crippen LogP contribution is -2.42. The van der Waals surface area contributed by atoms with Crippen molar-refractivity contribution in [2.75, 3.05) is 0 Å². The summed E-state index contributed by atoms with van der Waals surface area (Å²) in [6.45, 7) is 4.01. The Hall–Kier alpha value is -2.89. The van der Waals surface area contributed by atoms with Gasteiger partial charge < -0.3 is 15.4 Å². The average molecular weight is 342 g/mol. The molecule has 2 rings (SSSR count). The first-order valence-corrected chi connectivity index (χ1v) is 8.16. The summed E-state index contributed by atoms with van der Waals surface area (Å²) in [5.74, 6) is -1.37. The summed E-state index contributed by atoms with van der Waals surface area (Å²) in [7, 11) is 0. The number of hydrogen-bond acceptors (Lipinski definition) is 3. The van der Waals surface area contributed by atoms with Crippen LogP contribution in [0.3, 0.4) is 0 Å². The van der Waals surface area contributed by atoms with E-state index in [0.717, 1.165) is 5.56 Å². The molecule has 0 aliphatic heterocycles. The van der Waals surface area contributed by atoms with E-state index in [4.69, 9.17) is 0 Å². The standard InChI is InChI=1S/C19H22N2O4/c1-12(2)8-15-10-14(11-17(22)20-15)18(23)21-16(19(24)25)9-13-6-4-3-5-7-13/h3-7,10-12,16H,8-9H2,1-2H3,(H,20,22)(H,21,23)(H,24,25)/t16-/m1/s1. The van der Waals surface area contributed by atoms with Gasteiger partial charge in [0.25, 0.3) is 5.91 Å². The van der Waals surface area contributed by atoms with Crippen LogP contribution >= 0.6 is 0 Å². The highest BCUT2D eigenvalue weighted by Crippen LogP contribution is 2.08. The number of nitrogens with one attached hydrogen (secondary N) is 2. The first kappa shape index (κ1) is 18.4. The van der Waals surface area contributed by atoms with Crippen LogP contribution in [0.25, 0.3) is 0 Å². The predicted molar refractivity (Wildman–Crippen MR) is 94.6 cm³/mol. The quantitative estimate of drug-likeness (QED) is 0.716. The molecule has 2 aromatic rings. The molecule has 1 atom stereocenters. The van der Waals surface area contributed by atoms with Crippen LogP contribution in [0.5, 0.6) is 0 Å². The molecule has 1 heterocycles. The Morgan fingerprint density at radius 1 is 1.12 bits per heavy atom. The number of H-pyrrole nitrogens is 1. The number of aromatic nitrogens is 1.